The van der Waals surface area contributed by atoms with Crippen LogP contribution in [0.2, 0.25) is 5.02 Å². The van der Waals surface area contributed by atoms with Crippen LogP contribution in [-0.4, -0.2) is 48.1 Å². The highest BCUT2D eigenvalue weighted by atomic mass is 79.9. The number of hydrogen-bond acceptors (Lipinski definition) is 5. The van der Waals surface area contributed by atoms with Gasteiger partial charge in [0.25, 0.3) is 0 Å². The van der Waals surface area contributed by atoms with Gasteiger partial charge in [-0.05, 0) is 85.8 Å². The maximum atomic E-state index is 6.62. The number of hydrogen-bond donors (Lipinski definition) is 1. The summed E-state index contributed by atoms with van der Waals surface area (Å²) in [5.41, 5.74) is 6.78. The lowest BCUT2D eigenvalue weighted by Gasteiger charge is -2.34. The summed E-state index contributed by atoms with van der Waals surface area (Å²) in [7, 11) is 2.18. The summed E-state index contributed by atoms with van der Waals surface area (Å²) < 4.78 is 0.991. The number of allylic oxidation sites excluding steroid dienone is 1. The van der Waals surface area contributed by atoms with Crippen molar-refractivity contribution in [1.29, 1.82) is 0 Å². The highest BCUT2D eigenvalue weighted by Crippen LogP contribution is 2.35. The summed E-state index contributed by atoms with van der Waals surface area (Å²) in [4.78, 5) is 14.5. The molecule has 1 saturated heterocycles. The molecule has 3 aromatic rings. The first-order valence-corrected chi connectivity index (χ1v) is 14.0. The molecule has 188 valence electrons. The molecule has 1 unspecified atom stereocenters. The Morgan fingerprint density at radius 1 is 1.08 bits per heavy atom. The van der Waals surface area contributed by atoms with E-state index in [0.717, 1.165) is 83.9 Å². The van der Waals surface area contributed by atoms with Gasteiger partial charge in [0, 0.05) is 58.8 Å². The standard InChI is InChI=1S/C29H33BrClN5/c1-3-20-4-5-21(26-11-6-23(30)18-27(26)31)17-22-19-32-29(34-28(22)16-20)33-24-7-9-25(10-8-24)36-14-12-35(2)13-15-36/h6-11,17-20H,3-5,12-16H2,1-2H3,(H,32,33,34). The Kier molecular flexibility index (Phi) is 7.94. The molecule has 1 aromatic heterocycles. The minimum atomic E-state index is 0.576. The highest BCUT2D eigenvalue weighted by molar-refractivity contribution is 9.10. The number of nitrogens with zero attached hydrogens (tertiary/aromatic N) is 4. The van der Waals surface area contributed by atoms with Crippen molar-refractivity contribution in [3.8, 4) is 0 Å². The number of benzene rings is 2. The van der Waals surface area contributed by atoms with E-state index < -0.39 is 0 Å². The van der Waals surface area contributed by atoms with E-state index in [9.17, 15) is 0 Å². The Morgan fingerprint density at radius 3 is 2.58 bits per heavy atom. The number of anilines is 3. The van der Waals surface area contributed by atoms with Gasteiger partial charge >= 0.3 is 0 Å². The molecule has 5 rings (SSSR count). The third kappa shape index (κ3) is 5.93. The van der Waals surface area contributed by atoms with Crippen LogP contribution in [0.5, 0.6) is 0 Å². The van der Waals surface area contributed by atoms with Crippen molar-refractivity contribution in [1.82, 2.24) is 14.9 Å². The highest BCUT2D eigenvalue weighted by Gasteiger charge is 2.19. The predicted octanol–water partition coefficient (Wildman–Crippen LogP) is 7.29. The van der Waals surface area contributed by atoms with E-state index >= 15 is 0 Å². The third-order valence-corrected chi connectivity index (χ3v) is 8.19. The van der Waals surface area contributed by atoms with Gasteiger partial charge in [0.2, 0.25) is 5.95 Å². The fourth-order valence-corrected chi connectivity index (χ4v) is 5.82. The molecule has 5 nitrogen and oxygen atoms in total. The average Bonchev–Trinajstić information content (AvgIpc) is 2.86. The van der Waals surface area contributed by atoms with Crippen LogP contribution in [0.1, 0.15) is 43.0 Å². The van der Waals surface area contributed by atoms with E-state index in [1.54, 1.807) is 0 Å². The Balaban J connectivity index is 1.38. The van der Waals surface area contributed by atoms with Gasteiger partial charge in [-0.3, -0.25) is 0 Å². The predicted molar refractivity (Wildman–Crippen MR) is 155 cm³/mol. The molecule has 36 heavy (non-hydrogen) atoms. The number of nitrogens with one attached hydrogen (secondary N) is 1. The van der Waals surface area contributed by atoms with E-state index in [0.29, 0.717) is 11.9 Å². The third-order valence-electron chi connectivity index (χ3n) is 7.38. The van der Waals surface area contributed by atoms with Crippen molar-refractivity contribution in [2.75, 3.05) is 43.4 Å². The lowest BCUT2D eigenvalue weighted by atomic mass is 9.86. The minimum Gasteiger partial charge on any atom is -0.369 e. The first-order chi connectivity index (χ1) is 17.5. The topological polar surface area (TPSA) is 44.3 Å². The molecule has 0 bridgehead atoms. The van der Waals surface area contributed by atoms with Crippen LogP contribution in [0, 0.1) is 5.92 Å². The molecule has 0 saturated carbocycles. The minimum absolute atomic E-state index is 0.576. The van der Waals surface area contributed by atoms with Crippen molar-refractivity contribution in [2.24, 2.45) is 5.92 Å². The molecule has 7 heteroatoms. The lowest BCUT2D eigenvalue weighted by Crippen LogP contribution is -2.44. The van der Waals surface area contributed by atoms with E-state index in [2.05, 4.69) is 92.5 Å². The van der Waals surface area contributed by atoms with Crippen molar-refractivity contribution >= 4 is 56.5 Å². The van der Waals surface area contributed by atoms with E-state index in [1.165, 1.54) is 11.3 Å². The van der Waals surface area contributed by atoms with Crippen LogP contribution in [0.4, 0.5) is 17.3 Å². The summed E-state index contributed by atoms with van der Waals surface area (Å²) in [5.74, 6) is 1.22. The summed E-state index contributed by atoms with van der Waals surface area (Å²) in [6.07, 6.45) is 8.39. The molecule has 2 aliphatic rings. The van der Waals surface area contributed by atoms with E-state index in [-0.39, 0.29) is 0 Å². The van der Waals surface area contributed by atoms with Crippen LogP contribution in [-0.2, 0) is 6.42 Å². The molecule has 0 radical (unpaired) electrons. The number of halogens is 2. The van der Waals surface area contributed by atoms with Crippen LogP contribution in [0.15, 0.2) is 53.1 Å². The van der Waals surface area contributed by atoms with Crippen LogP contribution >= 0.6 is 27.5 Å². The first-order valence-electron chi connectivity index (χ1n) is 12.8. The summed E-state index contributed by atoms with van der Waals surface area (Å²) in [6.45, 7) is 6.61. The van der Waals surface area contributed by atoms with Gasteiger partial charge in [-0.15, -0.1) is 0 Å². The van der Waals surface area contributed by atoms with Gasteiger partial charge in [-0.25, -0.2) is 9.97 Å². The number of likely N-dealkylation sites (N-methyl/N-ethyl adjacent to an activating group) is 1. The lowest BCUT2D eigenvalue weighted by molar-refractivity contribution is 0.313. The monoisotopic (exact) mass is 565 g/mol. The zero-order valence-corrected chi connectivity index (χ0v) is 23.3. The van der Waals surface area contributed by atoms with Gasteiger partial charge in [0.15, 0.2) is 0 Å². The molecule has 2 heterocycles. The maximum Gasteiger partial charge on any atom is 0.227 e. The summed E-state index contributed by atoms with van der Waals surface area (Å²) in [5, 5.41) is 4.19. The fourth-order valence-electron chi connectivity index (χ4n) is 5.03. The normalized spacial score (nSPS) is 18.7. The van der Waals surface area contributed by atoms with Crippen LogP contribution in [0.3, 0.4) is 0 Å². The van der Waals surface area contributed by atoms with E-state index in [1.807, 2.05) is 12.3 Å². The second kappa shape index (κ2) is 11.3. The van der Waals surface area contributed by atoms with E-state index in [4.69, 9.17) is 16.6 Å². The van der Waals surface area contributed by atoms with Crippen LogP contribution in [0.25, 0.3) is 11.6 Å². The number of rotatable bonds is 5. The fraction of sp³-hybridized carbons (Fsp3) is 0.379. The van der Waals surface area contributed by atoms with Crippen molar-refractivity contribution < 1.29 is 0 Å². The smallest absolute Gasteiger partial charge is 0.227 e. The molecule has 1 aliphatic heterocycles. The first kappa shape index (κ1) is 25.2. The Morgan fingerprint density at radius 2 is 1.86 bits per heavy atom. The Bertz CT molecular complexity index is 1230. The number of fused-ring (bicyclic) bond motifs is 1. The largest absolute Gasteiger partial charge is 0.369 e. The summed E-state index contributed by atoms with van der Waals surface area (Å²) in [6, 6.07) is 14.7. The van der Waals surface area contributed by atoms with Crippen molar-refractivity contribution in [2.45, 2.75) is 32.6 Å². The van der Waals surface area contributed by atoms with Crippen LogP contribution < -0.4 is 10.2 Å². The molecule has 1 N–H and O–H groups in total. The molecule has 1 fully saturated rings. The van der Waals surface area contributed by atoms with Gasteiger partial charge in [0.05, 0.1) is 5.69 Å². The molecular formula is C29H33BrClN5. The average molecular weight is 567 g/mol. The van der Waals surface area contributed by atoms with Crippen molar-refractivity contribution in [3.05, 3.63) is 75.0 Å². The molecule has 0 amide bonds. The second-order valence-electron chi connectivity index (χ2n) is 9.87. The zero-order valence-electron chi connectivity index (χ0n) is 21.0. The second-order valence-corrected chi connectivity index (χ2v) is 11.2. The maximum absolute atomic E-state index is 6.62. The molecule has 1 aliphatic carbocycles. The Hall–Kier alpha value is -2.41. The van der Waals surface area contributed by atoms with Gasteiger partial charge in [0.1, 0.15) is 0 Å². The van der Waals surface area contributed by atoms with Crippen molar-refractivity contribution in [3.63, 3.8) is 0 Å². The number of aromatic nitrogens is 2. The molecule has 0 spiro atoms. The molecular weight excluding hydrogens is 534 g/mol. The Labute approximate surface area is 227 Å². The summed E-state index contributed by atoms with van der Waals surface area (Å²) >= 11 is 10.1. The SMILES string of the molecule is CCC1CCC(c2ccc(Br)cc2Cl)=Cc2cnc(Nc3ccc(N4CCN(C)CC4)cc3)nc2C1. The van der Waals surface area contributed by atoms with Gasteiger partial charge in [-0.2, -0.15) is 0 Å². The number of piperazine rings is 1. The zero-order chi connectivity index (χ0) is 25.1. The van der Waals surface area contributed by atoms with Gasteiger partial charge in [-0.1, -0.05) is 46.9 Å². The molecule has 1 atom stereocenters. The molecule has 2 aromatic carbocycles. The quantitative estimate of drug-likeness (QED) is 0.351. The van der Waals surface area contributed by atoms with Gasteiger partial charge < -0.3 is 15.1 Å².